The first-order valence-corrected chi connectivity index (χ1v) is 13.2. The van der Waals surface area contributed by atoms with E-state index in [0.29, 0.717) is 62.3 Å². The lowest BCUT2D eigenvalue weighted by Crippen LogP contribution is -2.57. The molecule has 0 unspecified atom stereocenters. The predicted molar refractivity (Wildman–Crippen MR) is 143 cm³/mol. The van der Waals surface area contributed by atoms with Crippen molar-refractivity contribution >= 4 is 29.0 Å². The van der Waals surface area contributed by atoms with Crippen molar-refractivity contribution in [3.8, 4) is 11.5 Å². The molecule has 0 radical (unpaired) electrons. The number of alkyl halides is 1. The Kier molecular flexibility index (Phi) is 6.71. The van der Waals surface area contributed by atoms with E-state index < -0.39 is 11.6 Å². The lowest BCUT2D eigenvalue weighted by Gasteiger charge is -2.41. The van der Waals surface area contributed by atoms with Gasteiger partial charge in [0.15, 0.2) is 11.4 Å². The molecule has 0 spiro atoms. The van der Waals surface area contributed by atoms with Gasteiger partial charge in [-0.15, -0.1) is 0 Å². The lowest BCUT2D eigenvalue weighted by atomic mass is 9.91. The number of piperazine rings is 1. The van der Waals surface area contributed by atoms with Crippen LogP contribution in [-0.4, -0.2) is 81.6 Å². The second-order valence-corrected chi connectivity index (χ2v) is 10.4. The number of halogens is 2. The first-order chi connectivity index (χ1) is 18.5. The number of aromatic nitrogens is 2. The normalized spacial score (nSPS) is 19.1. The maximum atomic E-state index is 15.9. The van der Waals surface area contributed by atoms with Crippen molar-refractivity contribution in [1.82, 2.24) is 24.9 Å². The van der Waals surface area contributed by atoms with Crippen LogP contribution in [0.4, 0.5) is 10.1 Å². The molecule has 3 aliphatic rings. The van der Waals surface area contributed by atoms with Crippen molar-refractivity contribution < 1.29 is 13.9 Å². The summed E-state index contributed by atoms with van der Waals surface area (Å²) in [5.41, 5.74) is 0.728. The summed E-state index contributed by atoms with van der Waals surface area (Å²) in [6.45, 7) is 3.66. The number of para-hydroxylation sites is 2. The SMILES string of the molecule is O=C(N1CCN(C2=Nc3ccccc3Oc3ccc(Cl)cc32)CC1)C1(F)CCN(Cc2ccnnc2)CC1. The average molecular weight is 535 g/mol. The van der Waals surface area contributed by atoms with Crippen molar-refractivity contribution in [2.45, 2.75) is 25.1 Å². The van der Waals surface area contributed by atoms with Gasteiger partial charge < -0.3 is 14.5 Å². The Morgan fingerprint density at radius 3 is 2.53 bits per heavy atom. The molecule has 1 amide bonds. The van der Waals surface area contributed by atoms with E-state index in [1.165, 1.54) is 0 Å². The number of aliphatic imine (C=N–C) groups is 1. The predicted octanol–water partition coefficient (Wildman–Crippen LogP) is 4.46. The van der Waals surface area contributed by atoms with E-state index in [1.54, 1.807) is 23.4 Å². The molecule has 3 aliphatic heterocycles. The van der Waals surface area contributed by atoms with E-state index >= 15 is 4.39 Å². The molecule has 2 aromatic carbocycles. The second kappa shape index (κ2) is 10.3. The van der Waals surface area contributed by atoms with Crippen molar-refractivity contribution in [1.29, 1.82) is 0 Å². The fraction of sp³-hybridized carbons (Fsp3) is 0.357. The van der Waals surface area contributed by atoms with Crippen LogP contribution in [0.5, 0.6) is 11.5 Å². The molecule has 1 aromatic heterocycles. The first kappa shape index (κ1) is 24.8. The zero-order chi connectivity index (χ0) is 26.1. The van der Waals surface area contributed by atoms with Gasteiger partial charge >= 0.3 is 0 Å². The van der Waals surface area contributed by atoms with E-state index in [0.717, 1.165) is 22.6 Å². The number of amides is 1. The third kappa shape index (κ3) is 4.96. The number of piperidine rings is 1. The Morgan fingerprint density at radius 1 is 0.974 bits per heavy atom. The maximum absolute atomic E-state index is 15.9. The minimum atomic E-state index is -1.83. The Morgan fingerprint density at radius 2 is 1.76 bits per heavy atom. The minimum Gasteiger partial charge on any atom is -0.454 e. The van der Waals surface area contributed by atoms with Gasteiger partial charge in [-0.25, -0.2) is 9.38 Å². The highest BCUT2D eigenvalue weighted by Crippen LogP contribution is 2.39. The van der Waals surface area contributed by atoms with E-state index in [-0.39, 0.29) is 12.8 Å². The Labute approximate surface area is 225 Å². The summed E-state index contributed by atoms with van der Waals surface area (Å²) < 4.78 is 22.0. The Balaban J connectivity index is 1.13. The van der Waals surface area contributed by atoms with E-state index in [4.69, 9.17) is 21.3 Å². The fourth-order valence-corrected chi connectivity index (χ4v) is 5.46. The van der Waals surface area contributed by atoms with Gasteiger partial charge in [-0.1, -0.05) is 23.7 Å². The third-order valence-corrected chi connectivity index (χ3v) is 7.68. The van der Waals surface area contributed by atoms with Gasteiger partial charge in [-0.3, -0.25) is 9.69 Å². The zero-order valence-corrected chi connectivity index (χ0v) is 21.6. The summed E-state index contributed by atoms with van der Waals surface area (Å²) >= 11 is 6.33. The average Bonchev–Trinajstić information content (AvgIpc) is 3.11. The highest BCUT2D eigenvalue weighted by atomic mass is 35.5. The topological polar surface area (TPSA) is 74.2 Å². The van der Waals surface area contributed by atoms with Gasteiger partial charge in [-0.05, 0) is 42.0 Å². The molecule has 6 rings (SSSR count). The molecule has 3 aromatic rings. The van der Waals surface area contributed by atoms with Crippen LogP contribution in [-0.2, 0) is 11.3 Å². The molecule has 2 fully saturated rings. The number of ether oxygens (including phenoxy) is 1. The summed E-state index contributed by atoms with van der Waals surface area (Å²) in [4.78, 5) is 24.2. The summed E-state index contributed by atoms with van der Waals surface area (Å²) in [5, 5.41) is 8.29. The van der Waals surface area contributed by atoms with Crippen molar-refractivity contribution in [2.24, 2.45) is 4.99 Å². The number of carbonyl (C=O) groups is 1. The monoisotopic (exact) mass is 534 g/mol. The van der Waals surface area contributed by atoms with Crippen LogP contribution in [0.15, 0.2) is 65.9 Å². The molecule has 0 atom stereocenters. The summed E-state index contributed by atoms with van der Waals surface area (Å²) in [7, 11) is 0. The zero-order valence-electron chi connectivity index (χ0n) is 20.9. The largest absolute Gasteiger partial charge is 0.454 e. The maximum Gasteiger partial charge on any atom is 0.260 e. The summed E-state index contributed by atoms with van der Waals surface area (Å²) in [6, 6.07) is 15.0. The van der Waals surface area contributed by atoms with Crippen molar-refractivity contribution in [2.75, 3.05) is 39.3 Å². The Hall–Kier alpha value is -3.56. The summed E-state index contributed by atoms with van der Waals surface area (Å²) in [6.07, 6.45) is 3.76. The van der Waals surface area contributed by atoms with Gasteiger partial charge in [0, 0.05) is 69.9 Å². The highest BCUT2D eigenvalue weighted by Gasteiger charge is 2.45. The molecular formula is C28H28ClFN6O2. The number of fused-ring (bicyclic) bond motifs is 2. The highest BCUT2D eigenvalue weighted by molar-refractivity contribution is 6.31. The first-order valence-electron chi connectivity index (χ1n) is 12.9. The minimum absolute atomic E-state index is 0.192. The van der Waals surface area contributed by atoms with Crippen LogP contribution < -0.4 is 4.74 Å². The van der Waals surface area contributed by atoms with Gasteiger partial charge in [0.05, 0.1) is 11.8 Å². The molecule has 196 valence electrons. The van der Waals surface area contributed by atoms with E-state index in [1.807, 2.05) is 42.5 Å². The molecular weight excluding hydrogens is 507 g/mol. The fourth-order valence-electron chi connectivity index (χ4n) is 5.29. The number of carbonyl (C=O) groups excluding carboxylic acids is 1. The quantitative estimate of drug-likeness (QED) is 0.494. The van der Waals surface area contributed by atoms with E-state index in [2.05, 4.69) is 20.0 Å². The van der Waals surface area contributed by atoms with Crippen LogP contribution in [0.25, 0.3) is 0 Å². The molecule has 10 heteroatoms. The molecule has 2 saturated heterocycles. The van der Waals surface area contributed by atoms with Gasteiger partial charge in [0.2, 0.25) is 0 Å². The van der Waals surface area contributed by atoms with E-state index in [9.17, 15) is 4.79 Å². The van der Waals surface area contributed by atoms with Crippen molar-refractivity contribution in [3.05, 3.63) is 77.1 Å². The molecule has 4 heterocycles. The van der Waals surface area contributed by atoms with Crippen LogP contribution in [0, 0.1) is 0 Å². The van der Waals surface area contributed by atoms with Crippen molar-refractivity contribution in [3.63, 3.8) is 0 Å². The van der Waals surface area contributed by atoms with Crippen LogP contribution in [0.3, 0.4) is 0 Å². The number of hydrogen-bond acceptors (Lipinski definition) is 7. The van der Waals surface area contributed by atoms with Crippen LogP contribution in [0.1, 0.15) is 24.0 Å². The molecule has 0 aliphatic carbocycles. The second-order valence-electron chi connectivity index (χ2n) is 9.92. The number of amidine groups is 1. The molecule has 0 N–H and O–H groups in total. The lowest BCUT2D eigenvalue weighted by molar-refractivity contribution is -0.148. The van der Waals surface area contributed by atoms with Gasteiger partial charge in [0.1, 0.15) is 17.3 Å². The smallest absolute Gasteiger partial charge is 0.260 e. The third-order valence-electron chi connectivity index (χ3n) is 7.44. The number of nitrogens with zero attached hydrogens (tertiary/aromatic N) is 6. The number of hydrogen-bond donors (Lipinski definition) is 0. The number of likely N-dealkylation sites (tertiary alicyclic amines) is 1. The summed E-state index contributed by atoms with van der Waals surface area (Å²) in [5.74, 6) is 1.69. The Bertz CT molecular complexity index is 1350. The molecule has 0 saturated carbocycles. The van der Waals surface area contributed by atoms with Crippen LogP contribution >= 0.6 is 11.6 Å². The molecule has 0 bridgehead atoms. The molecule has 38 heavy (non-hydrogen) atoms. The molecule has 8 nitrogen and oxygen atoms in total. The van der Waals surface area contributed by atoms with Gasteiger partial charge in [0.25, 0.3) is 5.91 Å². The van der Waals surface area contributed by atoms with Crippen LogP contribution in [0.2, 0.25) is 5.02 Å². The number of benzene rings is 2. The van der Waals surface area contributed by atoms with Gasteiger partial charge in [-0.2, -0.15) is 10.2 Å². The number of rotatable bonds is 3. The standard InChI is InChI=1S/C28H28ClFN6O2/c29-21-5-6-24-22(17-21)26(33-23-3-1-2-4-25(23)38-24)35-13-15-36(16-14-35)27(37)28(30)8-11-34(12-9-28)19-20-7-10-31-32-18-20/h1-7,10,17-18H,8-9,11-16,19H2.